The van der Waals surface area contributed by atoms with Crippen LogP contribution in [0.1, 0.15) is 46.4 Å². The van der Waals surface area contributed by atoms with E-state index in [4.69, 9.17) is 4.74 Å². The number of benzene rings is 1. The summed E-state index contributed by atoms with van der Waals surface area (Å²) in [4.78, 5) is 25.8. The molecule has 0 aliphatic rings. The highest BCUT2D eigenvalue weighted by molar-refractivity contribution is 7.99. The summed E-state index contributed by atoms with van der Waals surface area (Å²) in [6, 6.07) is 9.31. The summed E-state index contributed by atoms with van der Waals surface area (Å²) in [6.07, 6.45) is 0. The molecule has 0 bridgehead atoms. The number of thioether (sulfide) groups is 1. The lowest BCUT2D eigenvalue weighted by Crippen LogP contribution is -2.10. The lowest BCUT2D eigenvalue weighted by Gasteiger charge is -2.06. The molecule has 0 aliphatic heterocycles. The molecule has 0 unspecified atom stereocenters. The van der Waals surface area contributed by atoms with Crippen LogP contribution in [0.2, 0.25) is 0 Å². The minimum absolute atomic E-state index is 0.187. The van der Waals surface area contributed by atoms with E-state index < -0.39 is 0 Å². The summed E-state index contributed by atoms with van der Waals surface area (Å²) in [5.74, 6) is -0.539. The van der Waals surface area contributed by atoms with E-state index in [1.807, 2.05) is 31.2 Å². The van der Waals surface area contributed by atoms with Gasteiger partial charge in [-0.05, 0) is 49.7 Å². The zero-order valence-corrected chi connectivity index (χ0v) is 15.8. The summed E-state index contributed by atoms with van der Waals surface area (Å²) < 4.78 is 5.01. The van der Waals surface area contributed by atoms with Crippen molar-refractivity contribution in [3.05, 3.63) is 46.3 Å². The zero-order chi connectivity index (χ0) is 17.7. The van der Waals surface area contributed by atoms with Crippen LogP contribution < -0.4 is 5.32 Å². The van der Waals surface area contributed by atoms with Crippen LogP contribution in [-0.4, -0.2) is 23.7 Å². The van der Waals surface area contributed by atoms with Gasteiger partial charge in [-0.25, -0.2) is 4.79 Å². The highest BCUT2D eigenvalue weighted by atomic mass is 32.2. The minimum Gasteiger partial charge on any atom is -0.462 e. The molecule has 0 radical (unpaired) electrons. The van der Waals surface area contributed by atoms with E-state index in [0.29, 0.717) is 27.3 Å². The van der Waals surface area contributed by atoms with Crippen molar-refractivity contribution in [2.24, 2.45) is 0 Å². The number of aryl methyl sites for hydroxylation is 1. The third-order valence-corrected chi connectivity index (χ3v) is 5.25. The largest absolute Gasteiger partial charge is 0.462 e. The molecule has 1 N–H and O–H groups in total. The summed E-state index contributed by atoms with van der Waals surface area (Å²) >= 11 is 2.99. The lowest BCUT2D eigenvalue weighted by atomic mass is 10.2. The molecule has 1 heterocycles. The molecule has 1 aromatic carbocycles. The second-order valence-corrected chi connectivity index (χ2v) is 8.19. The van der Waals surface area contributed by atoms with Crippen molar-refractivity contribution in [3.8, 4) is 0 Å². The Hall–Kier alpha value is -1.79. The van der Waals surface area contributed by atoms with Gasteiger partial charge in [0, 0.05) is 15.7 Å². The van der Waals surface area contributed by atoms with Crippen molar-refractivity contribution < 1.29 is 14.3 Å². The number of hydrogen-bond acceptors (Lipinski definition) is 5. The van der Waals surface area contributed by atoms with Crippen LogP contribution in [0.25, 0.3) is 0 Å². The van der Waals surface area contributed by atoms with Crippen LogP contribution >= 0.6 is 23.1 Å². The van der Waals surface area contributed by atoms with Gasteiger partial charge >= 0.3 is 5.97 Å². The number of carbonyl (C=O) groups excluding carboxylic acids is 2. The van der Waals surface area contributed by atoms with Gasteiger partial charge in [-0.1, -0.05) is 13.8 Å². The number of esters is 1. The van der Waals surface area contributed by atoms with Crippen LogP contribution in [0.3, 0.4) is 0 Å². The first-order valence-electron chi connectivity index (χ1n) is 7.76. The van der Waals surface area contributed by atoms with Crippen LogP contribution in [0.4, 0.5) is 5.00 Å². The summed E-state index contributed by atoms with van der Waals surface area (Å²) in [6.45, 7) is 8.19. The second kappa shape index (κ2) is 8.35. The average Bonchev–Trinajstić information content (AvgIpc) is 2.88. The maximum atomic E-state index is 12.3. The monoisotopic (exact) mass is 363 g/mol. The fraction of sp³-hybridized carbons (Fsp3) is 0.333. The van der Waals surface area contributed by atoms with Gasteiger partial charge in [-0.3, -0.25) is 4.79 Å². The molecule has 1 amide bonds. The standard InChI is InChI=1S/C18H21NO3S2/c1-5-22-18(21)16-12(4)10-15(24-16)19-17(20)13-6-8-14(9-7-13)23-11(2)3/h6-11H,5H2,1-4H3,(H,19,20). The predicted octanol–water partition coefficient (Wildman–Crippen LogP) is 4.99. The van der Waals surface area contributed by atoms with Gasteiger partial charge < -0.3 is 10.1 Å². The predicted molar refractivity (Wildman–Crippen MR) is 100 cm³/mol. The third-order valence-electron chi connectivity index (χ3n) is 3.10. The van der Waals surface area contributed by atoms with Crippen molar-refractivity contribution in [1.82, 2.24) is 0 Å². The SMILES string of the molecule is CCOC(=O)c1sc(NC(=O)c2ccc(SC(C)C)cc2)cc1C. The Morgan fingerprint density at radius 2 is 1.92 bits per heavy atom. The Kier molecular flexibility index (Phi) is 6.45. The fourth-order valence-electron chi connectivity index (χ4n) is 2.08. The smallest absolute Gasteiger partial charge is 0.348 e. The van der Waals surface area contributed by atoms with E-state index in [-0.39, 0.29) is 11.9 Å². The first kappa shape index (κ1) is 18.5. The molecular weight excluding hydrogens is 342 g/mol. The Labute approximate surface area is 150 Å². The molecule has 4 nitrogen and oxygen atoms in total. The van der Waals surface area contributed by atoms with Gasteiger partial charge in [0.1, 0.15) is 4.88 Å². The molecule has 24 heavy (non-hydrogen) atoms. The molecule has 1 aromatic heterocycles. The number of hydrogen-bond donors (Lipinski definition) is 1. The van der Waals surface area contributed by atoms with E-state index in [2.05, 4.69) is 19.2 Å². The van der Waals surface area contributed by atoms with Crippen LogP contribution in [0, 0.1) is 6.92 Å². The third kappa shape index (κ3) is 4.85. The average molecular weight is 364 g/mol. The first-order chi connectivity index (χ1) is 11.4. The van der Waals surface area contributed by atoms with Crippen molar-refractivity contribution in [1.29, 1.82) is 0 Å². The second-order valence-electron chi connectivity index (χ2n) is 5.49. The van der Waals surface area contributed by atoms with Gasteiger partial charge in [-0.2, -0.15) is 0 Å². The topological polar surface area (TPSA) is 55.4 Å². The molecule has 0 atom stereocenters. The fourth-order valence-corrected chi connectivity index (χ4v) is 3.88. The van der Waals surface area contributed by atoms with Crippen molar-refractivity contribution in [3.63, 3.8) is 0 Å². The highest BCUT2D eigenvalue weighted by Crippen LogP contribution is 2.28. The quantitative estimate of drug-likeness (QED) is 0.580. The number of ether oxygens (including phenoxy) is 1. The first-order valence-corrected chi connectivity index (χ1v) is 9.46. The highest BCUT2D eigenvalue weighted by Gasteiger charge is 2.16. The number of carbonyl (C=O) groups is 2. The number of nitrogens with one attached hydrogen (secondary N) is 1. The van der Waals surface area contributed by atoms with Crippen LogP contribution in [-0.2, 0) is 4.74 Å². The van der Waals surface area contributed by atoms with Crippen molar-refractivity contribution >= 4 is 40.0 Å². The molecule has 0 spiro atoms. The number of thiophene rings is 1. The van der Waals surface area contributed by atoms with Crippen LogP contribution in [0.15, 0.2) is 35.2 Å². The molecule has 0 saturated carbocycles. The molecular formula is C18H21NO3S2. The Morgan fingerprint density at radius 1 is 1.25 bits per heavy atom. The van der Waals surface area contributed by atoms with Gasteiger partial charge in [0.15, 0.2) is 0 Å². The van der Waals surface area contributed by atoms with Gasteiger partial charge in [0.25, 0.3) is 5.91 Å². The number of rotatable bonds is 6. The Morgan fingerprint density at radius 3 is 2.50 bits per heavy atom. The van der Waals surface area contributed by atoms with E-state index in [1.54, 1.807) is 24.8 Å². The normalized spacial score (nSPS) is 10.7. The molecule has 0 aliphatic carbocycles. The van der Waals surface area contributed by atoms with Gasteiger partial charge in [-0.15, -0.1) is 23.1 Å². The summed E-state index contributed by atoms with van der Waals surface area (Å²) in [5, 5.41) is 3.98. The van der Waals surface area contributed by atoms with Crippen molar-refractivity contribution in [2.45, 2.75) is 37.8 Å². The van der Waals surface area contributed by atoms with E-state index in [1.165, 1.54) is 11.3 Å². The maximum absolute atomic E-state index is 12.3. The molecule has 0 saturated heterocycles. The van der Waals surface area contributed by atoms with Gasteiger partial charge in [0.05, 0.1) is 11.6 Å². The van der Waals surface area contributed by atoms with E-state index in [9.17, 15) is 9.59 Å². The Balaban J connectivity index is 2.07. The summed E-state index contributed by atoms with van der Waals surface area (Å²) in [7, 11) is 0. The minimum atomic E-state index is -0.351. The number of amides is 1. The molecule has 6 heteroatoms. The van der Waals surface area contributed by atoms with E-state index >= 15 is 0 Å². The zero-order valence-electron chi connectivity index (χ0n) is 14.2. The molecule has 0 fully saturated rings. The summed E-state index contributed by atoms with van der Waals surface area (Å²) in [5.41, 5.74) is 1.39. The van der Waals surface area contributed by atoms with E-state index in [0.717, 1.165) is 10.5 Å². The molecule has 2 rings (SSSR count). The Bertz CT molecular complexity index is 720. The van der Waals surface area contributed by atoms with Crippen molar-refractivity contribution in [2.75, 3.05) is 11.9 Å². The lowest BCUT2D eigenvalue weighted by molar-refractivity contribution is 0.0531. The maximum Gasteiger partial charge on any atom is 0.348 e. The number of anilines is 1. The molecule has 128 valence electrons. The van der Waals surface area contributed by atoms with Gasteiger partial charge in [0.2, 0.25) is 0 Å². The van der Waals surface area contributed by atoms with Crippen LogP contribution in [0.5, 0.6) is 0 Å². The molecule has 2 aromatic rings.